The standard InChI is InChI=1S/C15H18N2O3/c1-4-20-14(18)12-10(3)16-15(19)17-13(12)11-7-5-6-9(2)8-11/h5-8,13H,4H2,1-3H3,(H2,16,17,19). The van der Waals surface area contributed by atoms with E-state index in [1.54, 1.807) is 13.8 Å². The van der Waals surface area contributed by atoms with Gasteiger partial charge >= 0.3 is 12.0 Å². The van der Waals surface area contributed by atoms with Gasteiger partial charge in [0.25, 0.3) is 0 Å². The highest BCUT2D eigenvalue weighted by molar-refractivity contribution is 5.95. The summed E-state index contributed by atoms with van der Waals surface area (Å²) < 4.78 is 5.08. The molecule has 20 heavy (non-hydrogen) atoms. The van der Waals surface area contributed by atoms with Crippen LogP contribution in [0, 0.1) is 6.92 Å². The fraction of sp³-hybridized carbons (Fsp3) is 0.333. The van der Waals surface area contributed by atoms with Crippen LogP contribution in [0.2, 0.25) is 0 Å². The highest BCUT2D eigenvalue weighted by atomic mass is 16.5. The van der Waals surface area contributed by atoms with Crippen LogP contribution >= 0.6 is 0 Å². The minimum absolute atomic E-state index is 0.296. The first kappa shape index (κ1) is 14.1. The third-order valence-corrected chi connectivity index (χ3v) is 3.14. The first-order chi connectivity index (χ1) is 9.52. The first-order valence-corrected chi connectivity index (χ1v) is 6.55. The number of ether oxygens (including phenoxy) is 1. The molecule has 106 valence electrons. The van der Waals surface area contributed by atoms with Crippen LogP contribution in [0.1, 0.15) is 31.0 Å². The van der Waals surface area contributed by atoms with Crippen molar-refractivity contribution in [1.82, 2.24) is 10.6 Å². The van der Waals surface area contributed by atoms with Gasteiger partial charge in [-0.3, -0.25) is 0 Å². The Balaban J connectivity index is 2.44. The molecular weight excluding hydrogens is 256 g/mol. The molecule has 0 aromatic heterocycles. The number of amides is 2. The molecule has 5 heteroatoms. The highest BCUT2D eigenvalue weighted by Gasteiger charge is 2.31. The molecular formula is C15H18N2O3. The number of carbonyl (C=O) groups is 2. The van der Waals surface area contributed by atoms with Crippen molar-refractivity contribution in [3.05, 3.63) is 46.7 Å². The van der Waals surface area contributed by atoms with Gasteiger partial charge in [0, 0.05) is 5.70 Å². The van der Waals surface area contributed by atoms with E-state index in [1.807, 2.05) is 31.2 Å². The Bertz CT molecular complexity index is 578. The van der Waals surface area contributed by atoms with Crippen LogP contribution in [0.25, 0.3) is 0 Å². The summed E-state index contributed by atoms with van der Waals surface area (Å²) in [6, 6.07) is 6.90. The fourth-order valence-corrected chi connectivity index (χ4v) is 2.27. The SMILES string of the molecule is CCOC(=O)C1=C(C)NC(=O)NC1c1cccc(C)c1. The summed E-state index contributed by atoms with van der Waals surface area (Å²) in [5.41, 5.74) is 2.90. The minimum atomic E-state index is -0.484. The van der Waals surface area contributed by atoms with E-state index in [-0.39, 0.29) is 6.03 Å². The zero-order valence-corrected chi connectivity index (χ0v) is 11.8. The fourth-order valence-electron chi connectivity index (χ4n) is 2.27. The van der Waals surface area contributed by atoms with Crippen molar-refractivity contribution >= 4 is 12.0 Å². The number of nitrogens with one attached hydrogen (secondary N) is 2. The summed E-state index contributed by atoms with van der Waals surface area (Å²) in [7, 11) is 0. The molecule has 1 heterocycles. The van der Waals surface area contributed by atoms with Crippen molar-refractivity contribution in [3.8, 4) is 0 Å². The molecule has 2 amide bonds. The number of benzene rings is 1. The molecule has 5 nitrogen and oxygen atoms in total. The minimum Gasteiger partial charge on any atom is -0.463 e. The molecule has 0 fully saturated rings. The Morgan fingerprint density at radius 1 is 1.35 bits per heavy atom. The molecule has 0 aliphatic carbocycles. The molecule has 1 aromatic carbocycles. The van der Waals surface area contributed by atoms with Gasteiger partial charge in [0.15, 0.2) is 0 Å². The lowest BCUT2D eigenvalue weighted by atomic mass is 9.94. The van der Waals surface area contributed by atoms with Gasteiger partial charge in [-0.1, -0.05) is 29.8 Å². The van der Waals surface area contributed by atoms with Gasteiger partial charge in [0.2, 0.25) is 0 Å². The van der Waals surface area contributed by atoms with Crippen LogP contribution in [-0.4, -0.2) is 18.6 Å². The van der Waals surface area contributed by atoms with Gasteiger partial charge in [-0.2, -0.15) is 0 Å². The zero-order chi connectivity index (χ0) is 14.7. The second-order valence-electron chi connectivity index (χ2n) is 4.70. The first-order valence-electron chi connectivity index (χ1n) is 6.55. The third kappa shape index (κ3) is 2.82. The van der Waals surface area contributed by atoms with Crippen molar-refractivity contribution < 1.29 is 14.3 Å². The van der Waals surface area contributed by atoms with E-state index < -0.39 is 12.0 Å². The van der Waals surface area contributed by atoms with Crippen LogP contribution in [0.15, 0.2) is 35.5 Å². The van der Waals surface area contributed by atoms with Gasteiger partial charge in [-0.15, -0.1) is 0 Å². The molecule has 2 N–H and O–H groups in total. The Morgan fingerprint density at radius 3 is 2.75 bits per heavy atom. The normalized spacial score (nSPS) is 18.4. The lowest BCUT2D eigenvalue weighted by Crippen LogP contribution is -2.45. The number of carbonyl (C=O) groups excluding carboxylic acids is 2. The van der Waals surface area contributed by atoms with E-state index in [1.165, 1.54) is 0 Å². The number of urea groups is 1. The Hall–Kier alpha value is -2.30. The molecule has 1 unspecified atom stereocenters. The zero-order valence-electron chi connectivity index (χ0n) is 11.8. The molecule has 0 spiro atoms. The maximum Gasteiger partial charge on any atom is 0.338 e. The maximum atomic E-state index is 12.1. The molecule has 1 atom stereocenters. The molecule has 1 aromatic rings. The summed E-state index contributed by atoms with van der Waals surface area (Å²) in [6.45, 7) is 5.72. The van der Waals surface area contributed by atoms with Gasteiger partial charge in [-0.05, 0) is 26.3 Å². The van der Waals surface area contributed by atoms with E-state index in [0.29, 0.717) is 17.9 Å². The van der Waals surface area contributed by atoms with Crippen molar-refractivity contribution in [2.45, 2.75) is 26.8 Å². The number of aryl methyl sites for hydroxylation is 1. The topological polar surface area (TPSA) is 67.4 Å². The second-order valence-corrected chi connectivity index (χ2v) is 4.70. The lowest BCUT2D eigenvalue weighted by Gasteiger charge is -2.28. The van der Waals surface area contributed by atoms with E-state index in [4.69, 9.17) is 4.74 Å². The van der Waals surface area contributed by atoms with Crippen LogP contribution in [0.4, 0.5) is 4.79 Å². The van der Waals surface area contributed by atoms with Crippen molar-refractivity contribution in [3.63, 3.8) is 0 Å². The number of hydrogen-bond donors (Lipinski definition) is 2. The van der Waals surface area contributed by atoms with Crippen molar-refractivity contribution in [1.29, 1.82) is 0 Å². The largest absolute Gasteiger partial charge is 0.463 e. The number of esters is 1. The predicted octanol–water partition coefficient (Wildman–Crippen LogP) is 2.19. The summed E-state index contributed by atoms with van der Waals surface area (Å²) >= 11 is 0. The van der Waals surface area contributed by atoms with Crippen LogP contribution < -0.4 is 10.6 Å². The smallest absolute Gasteiger partial charge is 0.338 e. The third-order valence-electron chi connectivity index (χ3n) is 3.14. The average molecular weight is 274 g/mol. The molecule has 0 bridgehead atoms. The highest BCUT2D eigenvalue weighted by Crippen LogP contribution is 2.27. The van der Waals surface area contributed by atoms with Gasteiger partial charge < -0.3 is 15.4 Å². The van der Waals surface area contributed by atoms with Crippen molar-refractivity contribution in [2.24, 2.45) is 0 Å². The summed E-state index contributed by atoms with van der Waals surface area (Å²) in [5.74, 6) is -0.413. The number of allylic oxidation sites excluding steroid dienone is 1. The molecule has 1 aliphatic rings. The Morgan fingerprint density at radius 2 is 2.10 bits per heavy atom. The number of rotatable bonds is 3. The van der Waals surface area contributed by atoms with Crippen molar-refractivity contribution in [2.75, 3.05) is 6.61 Å². The molecule has 0 saturated heterocycles. The molecule has 0 saturated carbocycles. The predicted molar refractivity (Wildman–Crippen MR) is 74.9 cm³/mol. The van der Waals surface area contributed by atoms with E-state index in [2.05, 4.69) is 10.6 Å². The molecule has 0 radical (unpaired) electrons. The molecule has 1 aliphatic heterocycles. The lowest BCUT2D eigenvalue weighted by molar-refractivity contribution is -0.139. The summed E-state index contributed by atoms with van der Waals surface area (Å²) in [5, 5.41) is 5.38. The van der Waals surface area contributed by atoms with E-state index in [0.717, 1.165) is 11.1 Å². The van der Waals surface area contributed by atoms with E-state index >= 15 is 0 Å². The average Bonchev–Trinajstić information content (AvgIpc) is 2.37. The quantitative estimate of drug-likeness (QED) is 0.830. The number of hydrogen-bond acceptors (Lipinski definition) is 3. The molecule has 2 rings (SSSR count). The van der Waals surface area contributed by atoms with Crippen LogP contribution in [0.3, 0.4) is 0 Å². The second kappa shape index (κ2) is 5.77. The van der Waals surface area contributed by atoms with Gasteiger partial charge in [-0.25, -0.2) is 9.59 Å². The Labute approximate surface area is 118 Å². The van der Waals surface area contributed by atoms with Gasteiger partial charge in [0.1, 0.15) is 0 Å². The Kier molecular flexibility index (Phi) is 4.08. The van der Waals surface area contributed by atoms with Crippen LogP contribution in [-0.2, 0) is 9.53 Å². The summed E-state index contributed by atoms with van der Waals surface area (Å²) in [4.78, 5) is 23.8. The maximum absolute atomic E-state index is 12.1. The van der Waals surface area contributed by atoms with Gasteiger partial charge in [0.05, 0.1) is 18.2 Å². The monoisotopic (exact) mass is 274 g/mol. The summed E-state index contributed by atoms with van der Waals surface area (Å²) in [6.07, 6.45) is 0. The van der Waals surface area contributed by atoms with E-state index in [9.17, 15) is 9.59 Å². The van der Waals surface area contributed by atoms with Crippen LogP contribution in [0.5, 0.6) is 0 Å².